The van der Waals surface area contributed by atoms with E-state index in [9.17, 15) is 14.4 Å². The van der Waals surface area contributed by atoms with Gasteiger partial charge in [-0.05, 0) is 48.7 Å². The largest absolute Gasteiger partial charge is 0.492 e. The van der Waals surface area contributed by atoms with Gasteiger partial charge in [-0.2, -0.15) is 0 Å². The molecule has 4 aliphatic rings. The lowest BCUT2D eigenvalue weighted by molar-refractivity contribution is -0.186. The second-order valence-corrected chi connectivity index (χ2v) is 12.0. The van der Waals surface area contributed by atoms with Crippen LogP contribution in [-0.4, -0.2) is 103 Å². The van der Waals surface area contributed by atoms with Crippen molar-refractivity contribution in [1.82, 2.24) is 24.7 Å². The smallest absolute Gasteiger partial charge is 0.327 e. The lowest BCUT2D eigenvalue weighted by Crippen LogP contribution is -2.38. The molecule has 0 radical (unpaired) electrons. The predicted molar refractivity (Wildman–Crippen MR) is 164 cm³/mol. The van der Waals surface area contributed by atoms with Crippen molar-refractivity contribution in [3.8, 4) is 5.75 Å². The summed E-state index contributed by atoms with van der Waals surface area (Å²) in [5, 5.41) is 0.915. The van der Waals surface area contributed by atoms with Crippen LogP contribution in [0.25, 0.3) is 10.9 Å². The van der Waals surface area contributed by atoms with Crippen LogP contribution in [-0.2, 0) is 32.1 Å². The van der Waals surface area contributed by atoms with Gasteiger partial charge in [0.15, 0.2) is 6.29 Å². The maximum absolute atomic E-state index is 13.4. The Bertz CT molecular complexity index is 1580. The van der Waals surface area contributed by atoms with Crippen LogP contribution in [0.1, 0.15) is 52.5 Å². The Balaban J connectivity index is 1.13. The maximum Gasteiger partial charge on any atom is 0.327 e. The highest BCUT2D eigenvalue weighted by atomic mass is 16.8. The van der Waals surface area contributed by atoms with Crippen LogP contribution < -0.4 is 10.2 Å². The Morgan fingerprint density at radius 2 is 1.84 bits per heavy atom. The summed E-state index contributed by atoms with van der Waals surface area (Å²) in [6.45, 7) is 6.28. The van der Waals surface area contributed by atoms with Gasteiger partial charge in [-0.1, -0.05) is 12.1 Å². The topological polar surface area (TPSA) is 115 Å². The van der Waals surface area contributed by atoms with Gasteiger partial charge in [0.1, 0.15) is 18.4 Å². The standard InChI is InChI=1S/C33H39N5O7/c1-35-32(40)30-29-25-20-24(43-19-15-36-13-17-42-18-14-36)9-10-26(25)38(27(29)11-12-37(30)33(35)41)21-22-5-7-23(8-6-22)31(39)34-45-28-4-2-3-16-44-28/h5-10,20,28,30H,2-4,11-19,21H2,1H3,(H,34,39). The van der Waals surface area contributed by atoms with Crippen LogP contribution in [0.3, 0.4) is 0 Å². The fourth-order valence-corrected chi connectivity index (χ4v) is 6.75. The third-order valence-electron chi connectivity index (χ3n) is 9.22. The van der Waals surface area contributed by atoms with Gasteiger partial charge in [-0.25, -0.2) is 15.1 Å². The fraction of sp³-hybridized carbons (Fsp3) is 0.485. The summed E-state index contributed by atoms with van der Waals surface area (Å²) < 4.78 is 19.4. The van der Waals surface area contributed by atoms with E-state index >= 15 is 0 Å². The summed E-state index contributed by atoms with van der Waals surface area (Å²) in [5.74, 6) is 0.193. The summed E-state index contributed by atoms with van der Waals surface area (Å²) in [6, 6.07) is 12.5. The molecule has 7 rings (SSSR count). The van der Waals surface area contributed by atoms with Crippen molar-refractivity contribution in [2.45, 2.75) is 44.6 Å². The van der Waals surface area contributed by atoms with Crippen molar-refractivity contribution in [2.24, 2.45) is 0 Å². The van der Waals surface area contributed by atoms with Gasteiger partial charge in [0, 0.05) is 86.9 Å². The molecule has 1 N–H and O–H groups in total. The van der Waals surface area contributed by atoms with Gasteiger partial charge in [0.2, 0.25) is 0 Å². The third-order valence-corrected chi connectivity index (χ3v) is 9.22. The number of fused-ring (bicyclic) bond motifs is 5. The number of ether oxygens (including phenoxy) is 3. The number of morpholine rings is 1. The number of amides is 4. The SMILES string of the molecule is CN1C(=O)C2c3c(n(Cc4ccc(C(=O)NOC5CCCCO5)cc4)c4ccc(OCCN5CCOCC5)cc34)CCN2C1=O. The molecule has 238 valence electrons. The molecule has 4 amide bonds. The van der Waals surface area contributed by atoms with Crippen LogP contribution in [0.4, 0.5) is 4.79 Å². The average Bonchev–Trinajstić information content (AvgIpc) is 3.50. The third kappa shape index (κ3) is 5.90. The van der Waals surface area contributed by atoms with E-state index in [1.165, 1.54) is 4.90 Å². The zero-order valence-electron chi connectivity index (χ0n) is 25.5. The van der Waals surface area contributed by atoms with Crippen LogP contribution in [0.2, 0.25) is 0 Å². The Morgan fingerprint density at radius 1 is 1.02 bits per heavy atom. The number of hydroxylamine groups is 1. The van der Waals surface area contributed by atoms with E-state index in [1.807, 2.05) is 30.3 Å². The molecule has 4 aliphatic heterocycles. The van der Waals surface area contributed by atoms with E-state index in [0.717, 1.165) is 85.6 Å². The number of imide groups is 1. The Morgan fingerprint density at radius 3 is 2.62 bits per heavy atom. The first-order chi connectivity index (χ1) is 22.0. The first-order valence-electron chi connectivity index (χ1n) is 15.8. The van der Waals surface area contributed by atoms with Gasteiger partial charge in [-0.3, -0.25) is 19.4 Å². The van der Waals surface area contributed by atoms with Crippen molar-refractivity contribution in [2.75, 3.05) is 59.7 Å². The first kappa shape index (κ1) is 29.7. The Hall–Kier alpha value is -3.97. The van der Waals surface area contributed by atoms with E-state index in [2.05, 4.69) is 14.9 Å². The molecule has 12 heteroatoms. The molecular weight excluding hydrogens is 578 g/mol. The molecule has 45 heavy (non-hydrogen) atoms. The molecule has 3 aromatic rings. The molecule has 1 aromatic heterocycles. The lowest BCUT2D eigenvalue weighted by atomic mass is 9.96. The molecule has 0 aliphatic carbocycles. The molecule has 3 saturated heterocycles. The highest BCUT2D eigenvalue weighted by Crippen LogP contribution is 2.43. The summed E-state index contributed by atoms with van der Waals surface area (Å²) >= 11 is 0. The fourth-order valence-electron chi connectivity index (χ4n) is 6.75. The lowest BCUT2D eigenvalue weighted by Gasteiger charge is -2.28. The van der Waals surface area contributed by atoms with Crippen molar-refractivity contribution in [1.29, 1.82) is 0 Å². The van der Waals surface area contributed by atoms with Crippen LogP contribution in [0, 0.1) is 0 Å². The number of hydrogen-bond acceptors (Lipinski definition) is 8. The zero-order valence-corrected chi connectivity index (χ0v) is 25.5. The number of nitrogens with zero attached hydrogens (tertiary/aromatic N) is 4. The normalized spacial score (nSPS) is 22.1. The summed E-state index contributed by atoms with van der Waals surface area (Å²) in [6.07, 6.45) is 2.98. The van der Waals surface area contributed by atoms with E-state index in [1.54, 1.807) is 24.1 Å². The molecule has 2 aromatic carbocycles. The highest BCUT2D eigenvalue weighted by Gasteiger charge is 2.48. The van der Waals surface area contributed by atoms with Gasteiger partial charge in [-0.15, -0.1) is 0 Å². The quantitative estimate of drug-likeness (QED) is 0.288. The maximum atomic E-state index is 13.4. The van der Waals surface area contributed by atoms with Crippen LogP contribution in [0.5, 0.6) is 5.75 Å². The van der Waals surface area contributed by atoms with Gasteiger partial charge in [0.25, 0.3) is 11.8 Å². The van der Waals surface area contributed by atoms with Gasteiger partial charge >= 0.3 is 6.03 Å². The molecular formula is C33H39N5O7. The molecule has 0 spiro atoms. The number of benzene rings is 2. The molecule has 0 saturated carbocycles. The Labute approximate surface area is 261 Å². The molecule has 2 atom stereocenters. The first-order valence-corrected chi connectivity index (χ1v) is 15.8. The van der Waals surface area contributed by atoms with Crippen LogP contribution in [0.15, 0.2) is 42.5 Å². The molecule has 5 heterocycles. The summed E-state index contributed by atoms with van der Waals surface area (Å²) in [5.41, 5.74) is 6.88. The summed E-state index contributed by atoms with van der Waals surface area (Å²) in [4.78, 5) is 49.6. The predicted octanol–water partition coefficient (Wildman–Crippen LogP) is 3.08. The van der Waals surface area contributed by atoms with E-state index in [0.29, 0.717) is 38.3 Å². The molecule has 12 nitrogen and oxygen atoms in total. The number of aromatic nitrogens is 1. The second kappa shape index (κ2) is 12.8. The minimum atomic E-state index is -0.655. The van der Waals surface area contributed by atoms with Crippen molar-refractivity contribution >= 4 is 28.7 Å². The minimum Gasteiger partial charge on any atom is -0.492 e. The summed E-state index contributed by atoms with van der Waals surface area (Å²) in [7, 11) is 1.55. The average molecular weight is 618 g/mol. The Kier molecular flexibility index (Phi) is 8.45. The number of carbonyl (C=O) groups is 3. The number of urea groups is 1. The van der Waals surface area contributed by atoms with E-state index in [4.69, 9.17) is 19.0 Å². The van der Waals surface area contributed by atoms with Crippen molar-refractivity contribution < 1.29 is 33.4 Å². The second-order valence-electron chi connectivity index (χ2n) is 12.0. The van der Waals surface area contributed by atoms with Gasteiger partial charge < -0.3 is 23.7 Å². The minimum absolute atomic E-state index is 0.213. The number of hydrogen-bond donors (Lipinski definition) is 1. The number of carbonyl (C=O) groups excluding carboxylic acids is 3. The highest BCUT2D eigenvalue weighted by molar-refractivity contribution is 6.07. The van der Waals surface area contributed by atoms with Crippen LogP contribution >= 0.6 is 0 Å². The zero-order chi connectivity index (χ0) is 30.9. The molecule has 0 bridgehead atoms. The number of likely N-dealkylation sites (N-methyl/N-ethyl adjacent to an activating group) is 1. The number of rotatable bonds is 9. The molecule has 3 fully saturated rings. The molecule has 2 unspecified atom stereocenters. The van der Waals surface area contributed by atoms with E-state index in [-0.39, 0.29) is 17.8 Å². The van der Waals surface area contributed by atoms with E-state index < -0.39 is 12.3 Å². The van der Waals surface area contributed by atoms with Crippen molar-refractivity contribution in [3.05, 3.63) is 64.8 Å². The monoisotopic (exact) mass is 617 g/mol. The van der Waals surface area contributed by atoms with Crippen molar-refractivity contribution in [3.63, 3.8) is 0 Å². The number of nitrogens with one attached hydrogen (secondary N) is 1. The van der Waals surface area contributed by atoms with Gasteiger partial charge in [0.05, 0.1) is 13.2 Å².